The Kier molecular flexibility index (Phi) is 6.50. The number of aryl methyl sites for hydroxylation is 2. The minimum Gasteiger partial charge on any atom is -0.361 e. The summed E-state index contributed by atoms with van der Waals surface area (Å²) in [5.41, 5.74) is 6.54. The maximum absolute atomic E-state index is 13.2. The zero-order valence-electron chi connectivity index (χ0n) is 20.1. The molecule has 2 N–H and O–H groups in total. The third kappa shape index (κ3) is 4.96. The van der Waals surface area contributed by atoms with E-state index >= 15 is 0 Å². The van der Waals surface area contributed by atoms with Crippen LogP contribution in [0, 0.1) is 20.4 Å². The van der Waals surface area contributed by atoms with E-state index in [0.29, 0.717) is 22.7 Å². The molecule has 0 saturated heterocycles. The van der Waals surface area contributed by atoms with E-state index in [1.54, 1.807) is 36.8 Å². The Balaban J connectivity index is 1.66. The van der Waals surface area contributed by atoms with Crippen LogP contribution in [0.15, 0.2) is 79.3 Å². The van der Waals surface area contributed by atoms with E-state index in [2.05, 4.69) is 30.4 Å². The van der Waals surface area contributed by atoms with Crippen LogP contribution in [-0.2, 0) is 0 Å². The maximum Gasteiger partial charge on any atom is 0.275 e. The number of fused-ring (bicyclic) bond motifs is 1. The Morgan fingerprint density at radius 2 is 1.84 bits per heavy atom. The van der Waals surface area contributed by atoms with Crippen molar-refractivity contribution < 1.29 is 4.79 Å². The van der Waals surface area contributed by atoms with Gasteiger partial charge in [0.05, 0.1) is 28.1 Å². The van der Waals surface area contributed by atoms with Gasteiger partial charge in [-0.2, -0.15) is 0 Å². The van der Waals surface area contributed by atoms with Gasteiger partial charge in [0.15, 0.2) is 0 Å². The Morgan fingerprint density at radius 3 is 2.57 bits per heavy atom. The molecular formula is C29H21ClN6O. The monoisotopic (exact) mass is 504 g/mol. The molecule has 0 saturated carbocycles. The summed E-state index contributed by atoms with van der Waals surface area (Å²) in [6.07, 6.45) is 4.85. The molecule has 0 radical (unpaired) electrons. The molecule has 3 aromatic heterocycles. The van der Waals surface area contributed by atoms with Crippen molar-refractivity contribution >= 4 is 51.3 Å². The minimum absolute atomic E-state index is 0.0988. The average molecular weight is 505 g/mol. The molecular weight excluding hydrogens is 484 g/mol. The van der Waals surface area contributed by atoms with Gasteiger partial charge in [-0.3, -0.25) is 9.78 Å². The third-order valence-corrected chi connectivity index (χ3v) is 6.28. The quantitative estimate of drug-likeness (QED) is 0.242. The van der Waals surface area contributed by atoms with Crippen molar-refractivity contribution in [3.63, 3.8) is 0 Å². The molecule has 0 aliphatic rings. The van der Waals surface area contributed by atoms with Crippen molar-refractivity contribution in [1.29, 1.82) is 0 Å². The van der Waals surface area contributed by atoms with Gasteiger partial charge in [0.25, 0.3) is 11.7 Å². The molecule has 7 nitrogen and oxygen atoms in total. The van der Waals surface area contributed by atoms with Crippen LogP contribution in [0.1, 0.15) is 21.6 Å². The van der Waals surface area contributed by atoms with E-state index < -0.39 is 5.91 Å². The standard InChI is InChI=1S/C29H21ClN6O/c1-17-6-7-18(2)24(13-17)36-27-22-14-19(20-9-11-25(31-3)33-15-20)8-10-23(22)35-28(26(27)30)29(37)34-21-5-4-12-32-16-21/h4-16H,1-2H3,(H,34,37)(H,35,36). The molecule has 0 fully saturated rings. The summed E-state index contributed by atoms with van der Waals surface area (Å²) in [4.78, 5) is 29.4. The third-order valence-electron chi connectivity index (χ3n) is 5.91. The number of pyridine rings is 3. The van der Waals surface area contributed by atoms with E-state index in [4.69, 9.17) is 18.2 Å². The van der Waals surface area contributed by atoms with E-state index in [1.807, 2.05) is 56.3 Å². The zero-order valence-corrected chi connectivity index (χ0v) is 20.8. The van der Waals surface area contributed by atoms with Gasteiger partial charge in [0, 0.05) is 22.8 Å². The first kappa shape index (κ1) is 23.9. The first-order chi connectivity index (χ1) is 17.9. The molecule has 0 atom stereocenters. The van der Waals surface area contributed by atoms with Crippen molar-refractivity contribution in [3.8, 4) is 11.1 Å². The Hall–Kier alpha value is -4.80. The second-order valence-corrected chi connectivity index (χ2v) is 8.92. The van der Waals surface area contributed by atoms with Crippen molar-refractivity contribution in [2.24, 2.45) is 0 Å². The summed E-state index contributed by atoms with van der Waals surface area (Å²) >= 11 is 6.88. The average Bonchev–Trinajstić information content (AvgIpc) is 2.92. The van der Waals surface area contributed by atoms with E-state index in [1.165, 1.54) is 0 Å². The van der Waals surface area contributed by atoms with E-state index in [0.717, 1.165) is 33.3 Å². The maximum atomic E-state index is 13.2. The van der Waals surface area contributed by atoms with Crippen LogP contribution < -0.4 is 10.6 Å². The second-order valence-electron chi connectivity index (χ2n) is 8.54. The molecule has 3 heterocycles. The van der Waals surface area contributed by atoms with E-state index in [-0.39, 0.29) is 10.7 Å². The van der Waals surface area contributed by atoms with Crippen LogP contribution >= 0.6 is 11.6 Å². The number of carbonyl (C=O) groups excluding carboxylic acids is 1. The highest BCUT2D eigenvalue weighted by Crippen LogP contribution is 2.38. The lowest BCUT2D eigenvalue weighted by Gasteiger charge is -2.17. The molecule has 1 amide bonds. The number of nitrogens with one attached hydrogen (secondary N) is 2. The van der Waals surface area contributed by atoms with Crippen molar-refractivity contribution in [2.45, 2.75) is 13.8 Å². The number of hydrogen-bond acceptors (Lipinski definition) is 5. The van der Waals surface area contributed by atoms with Crippen molar-refractivity contribution in [3.05, 3.63) is 113 Å². The Bertz CT molecular complexity index is 1680. The van der Waals surface area contributed by atoms with Crippen LogP contribution in [0.2, 0.25) is 5.02 Å². The largest absolute Gasteiger partial charge is 0.361 e. The lowest BCUT2D eigenvalue weighted by atomic mass is 10.0. The zero-order chi connectivity index (χ0) is 25.9. The van der Waals surface area contributed by atoms with Crippen LogP contribution in [0.25, 0.3) is 26.9 Å². The van der Waals surface area contributed by atoms with Crippen LogP contribution in [0.3, 0.4) is 0 Å². The topological polar surface area (TPSA) is 84.2 Å². The van der Waals surface area contributed by atoms with Crippen molar-refractivity contribution in [2.75, 3.05) is 10.6 Å². The normalized spacial score (nSPS) is 10.6. The highest BCUT2D eigenvalue weighted by molar-refractivity contribution is 6.38. The highest BCUT2D eigenvalue weighted by Gasteiger charge is 2.21. The molecule has 2 aromatic carbocycles. The number of amides is 1. The Morgan fingerprint density at radius 1 is 1.00 bits per heavy atom. The SMILES string of the molecule is [C-]#[N+]c1ccc(-c2ccc3nc(C(=O)Nc4cccnc4)c(Cl)c(Nc4cc(C)ccc4C)c3c2)cn1. The fourth-order valence-electron chi connectivity index (χ4n) is 3.95. The highest BCUT2D eigenvalue weighted by atomic mass is 35.5. The molecule has 5 rings (SSSR count). The molecule has 0 bridgehead atoms. The predicted molar refractivity (Wildman–Crippen MR) is 148 cm³/mol. The number of anilines is 3. The van der Waals surface area contributed by atoms with Gasteiger partial charge < -0.3 is 15.5 Å². The number of nitrogens with zero attached hydrogens (tertiary/aromatic N) is 4. The number of hydrogen-bond donors (Lipinski definition) is 2. The van der Waals surface area contributed by atoms with Gasteiger partial charge in [-0.1, -0.05) is 42.4 Å². The molecule has 5 aromatic rings. The summed E-state index contributed by atoms with van der Waals surface area (Å²) in [5.74, 6) is -0.109. The van der Waals surface area contributed by atoms with Gasteiger partial charge in [0.1, 0.15) is 11.9 Å². The molecule has 37 heavy (non-hydrogen) atoms. The first-order valence-corrected chi connectivity index (χ1v) is 11.8. The number of benzene rings is 2. The van der Waals surface area contributed by atoms with Crippen molar-refractivity contribution in [1.82, 2.24) is 15.0 Å². The molecule has 0 aliphatic heterocycles. The van der Waals surface area contributed by atoms with Gasteiger partial charge in [-0.15, -0.1) is 4.98 Å². The van der Waals surface area contributed by atoms with Gasteiger partial charge >= 0.3 is 0 Å². The summed E-state index contributed by atoms with van der Waals surface area (Å²) in [5, 5.41) is 7.22. The summed E-state index contributed by atoms with van der Waals surface area (Å²) in [6.45, 7) is 11.2. The van der Waals surface area contributed by atoms with Gasteiger partial charge in [-0.25, -0.2) is 4.98 Å². The number of halogens is 1. The van der Waals surface area contributed by atoms with Crippen LogP contribution in [-0.4, -0.2) is 20.9 Å². The summed E-state index contributed by atoms with van der Waals surface area (Å²) in [6, 6.07) is 18.8. The lowest BCUT2D eigenvalue weighted by Crippen LogP contribution is -2.15. The molecule has 0 unspecified atom stereocenters. The van der Waals surface area contributed by atoms with Crippen LogP contribution in [0.4, 0.5) is 22.9 Å². The first-order valence-electron chi connectivity index (χ1n) is 11.5. The summed E-state index contributed by atoms with van der Waals surface area (Å²) in [7, 11) is 0. The van der Waals surface area contributed by atoms with Gasteiger partial charge in [0.2, 0.25) is 0 Å². The lowest BCUT2D eigenvalue weighted by molar-refractivity contribution is 0.102. The smallest absolute Gasteiger partial charge is 0.275 e. The fourth-order valence-corrected chi connectivity index (χ4v) is 4.22. The number of carbonyl (C=O) groups is 1. The number of rotatable bonds is 5. The van der Waals surface area contributed by atoms with E-state index in [9.17, 15) is 4.79 Å². The molecule has 0 aliphatic carbocycles. The second kappa shape index (κ2) is 10.1. The summed E-state index contributed by atoms with van der Waals surface area (Å²) < 4.78 is 0. The Labute approximate surface area is 219 Å². The number of aromatic nitrogens is 3. The predicted octanol–water partition coefficient (Wildman–Crippen LogP) is 7.51. The molecule has 180 valence electrons. The van der Waals surface area contributed by atoms with Gasteiger partial charge in [-0.05, 0) is 66.9 Å². The molecule has 8 heteroatoms. The fraction of sp³-hybridized carbons (Fsp3) is 0.0690. The van der Waals surface area contributed by atoms with Crippen LogP contribution in [0.5, 0.6) is 0 Å². The molecule has 0 spiro atoms. The minimum atomic E-state index is -0.438.